The van der Waals surface area contributed by atoms with E-state index in [-0.39, 0.29) is 6.42 Å². The van der Waals surface area contributed by atoms with Gasteiger partial charge in [0.1, 0.15) is 0 Å². The van der Waals surface area contributed by atoms with Gasteiger partial charge in [0.25, 0.3) is 0 Å². The molecule has 0 aromatic carbocycles. The first-order valence-electron chi connectivity index (χ1n) is 9.85. The summed E-state index contributed by atoms with van der Waals surface area (Å²) in [5.74, 6) is 2.31. The highest BCUT2D eigenvalue weighted by Crippen LogP contribution is 2.61. The van der Waals surface area contributed by atoms with Gasteiger partial charge in [0.2, 0.25) is 5.91 Å². The Hall–Kier alpha value is -1.67. The second-order valence-electron chi connectivity index (χ2n) is 8.64. The molecule has 0 saturated heterocycles. The topological polar surface area (TPSA) is 101 Å². The number of hydroxylamine groups is 1. The lowest BCUT2D eigenvalue weighted by Gasteiger charge is -2.57. The molecule has 8 heteroatoms. The van der Waals surface area contributed by atoms with E-state index in [1.165, 1.54) is 56.3 Å². The molecule has 4 aliphatic carbocycles. The van der Waals surface area contributed by atoms with Gasteiger partial charge in [-0.15, -0.1) is 11.3 Å². The number of nitrogens with one attached hydrogen (secondary N) is 2. The molecule has 1 aromatic heterocycles. The Kier molecular flexibility index (Phi) is 5.36. The van der Waals surface area contributed by atoms with Crippen molar-refractivity contribution in [2.45, 2.75) is 57.8 Å². The number of rotatable bonds is 7. The lowest BCUT2D eigenvalue weighted by atomic mass is 9.48. The van der Waals surface area contributed by atoms with Crippen LogP contribution in [0, 0.1) is 23.2 Å². The summed E-state index contributed by atoms with van der Waals surface area (Å²) < 4.78 is 5.32. The molecule has 0 aliphatic heterocycles. The molecule has 4 aliphatic rings. The lowest BCUT2D eigenvalue weighted by Crippen LogP contribution is -2.46. The van der Waals surface area contributed by atoms with Crippen molar-refractivity contribution in [3.05, 3.63) is 11.1 Å². The molecule has 0 radical (unpaired) electrons. The number of nitrogens with zero attached hydrogens (tertiary/aromatic N) is 1. The van der Waals surface area contributed by atoms with Crippen molar-refractivity contribution < 1.29 is 19.5 Å². The molecule has 5 rings (SSSR count). The van der Waals surface area contributed by atoms with Crippen molar-refractivity contribution in [2.75, 3.05) is 11.9 Å². The Bertz CT molecular complexity index is 670. The molecule has 3 N–H and O–H groups in total. The molecule has 1 heterocycles. The van der Waals surface area contributed by atoms with Crippen LogP contribution in [0.3, 0.4) is 0 Å². The molecule has 0 spiro atoms. The third-order valence-electron chi connectivity index (χ3n) is 6.48. The summed E-state index contributed by atoms with van der Waals surface area (Å²) in [5.41, 5.74) is 2.57. The zero-order chi connectivity index (χ0) is 18.9. The van der Waals surface area contributed by atoms with Crippen LogP contribution in [0.5, 0.6) is 0 Å². The van der Waals surface area contributed by atoms with Gasteiger partial charge in [-0.25, -0.2) is 15.3 Å². The largest absolute Gasteiger partial charge is 0.449 e. The average Bonchev–Trinajstić information content (AvgIpc) is 3.04. The number of carbonyl (C=O) groups is 2. The fourth-order valence-electron chi connectivity index (χ4n) is 5.98. The highest BCUT2D eigenvalue weighted by molar-refractivity contribution is 7.13. The van der Waals surface area contributed by atoms with Crippen molar-refractivity contribution in [1.29, 1.82) is 0 Å². The summed E-state index contributed by atoms with van der Waals surface area (Å²) in [7, 11) is 0. The Labute approximate surface area is 162 Å². The molecule has 4 fully saturated rings. The Balaban J connectivity index is 1.18. The standard InChI is InChI=1S/C19H27N3O4S/c23-16(22-25)7-15-11-27-17(20-15)21-18(24)26-3-1-2-19-8-12-4-13(9-19)6-14(5-12)10-19/h11-14,25H,1-10H2,(H,22,23)(H,20,21,24). The number of hydrogen-bond acceptors (Lipinski definition) is 6. The minimum Gasteiger partial charge on any atom is -0.449 e. The fraction of sp³-hybridized carbons (Fsp3) is 0.737. The summed E-state index contributed by atoms with van der Waals surface area (Å²) in [6.07, 6.45) is 10.1. The maximum absolute atomic E-state index is 11.9. The predicted octanol–water partition coefficient (Wildman–Crippen LogP) is 3.74. The van der Waals surface area contributed by atoms with Crippen LogP contribution >= 0.6 is 11.3 Å². The van der Waals surface area contributed by atoms with Gasteiger partial charge in [0.15, 0.2) is 5.13 Å². The van der Waals surface area contributed by atoms with Gasteiger partial charge in [-0.2, -0.15) is 0 Å². The molecule has 0 atom stereocenters. The normalized spacial score (nSPS) is 30.9. The second-order valence-corrected chi connectivity index (χ2v) is 9.50. The van der Waals surface area contributed by atoms with Crippen LogP contribution in [0.25, 0.3) is 0 Å². The van der Waals surface area contributed by atoms with E-state index in [0.717, 1.165) is 24.2 Å². The molecular weight excluding hydrogens is 366 g/mol. The second kappa shape index (κ2) is 7.75. The van der Waals surface area contributed by atoms with Crippen molar-refractivity contribution in [3.8, 4) is 0 Å². The van der Waals surface area contributed by atoms with E-state index in [4.69, 9.17) is 9.94 Å². The number of ether oxygens (including phenoxy) is 1. The van der Waals surface area contributed by atoms with Crippen molar-refractivity contribution >= 4 is 28.5 Å². The van der Waals surface area contributed by atoms with E-state index >= 15 is 0 Å². The molecular formula is C19H27N3O4S. The predicted molar refractivity (Wildman–Crippen MR) is 101 cm³/mol. The Morgan fingerprint density at radius 3 is 2.52 bits per heavy atom. The molecule has 148 valence electrons. The SMILES string of the molecule is O=C(Cc1csc(NC(=O)OCCCC23CC4CC(CC(C4)C2)C3)n1)NO. The van der Waals surface area contributed by atoms with Gasteiger partial charge in [0, 0.05) is 5.38 Å². The number of hydrogen-bond donors (Lipinski definition) is 3. The van der Waals surface area contributed by atoms with Gasteiger partial charge in [-0.1, -0.05) is 0 Å². The van der Waals surface area contributed by atoms with Gasteiger partial charge in [-0.05, 0) is 74.5 Å². The lowest BCUT2D eigenvalue weighted by molar-refractivity contribution is -0.128. The number of thiazole rings is 1. The Morgan fingerprint density at radius 2 is 1.89 bits per heavy atom. The van der Waals surface area contributed by atoms with Crippen molar-refractivity contribution in [3.63, 3.8) is 0 Å². The highest BCUT2D eigenvalue weighted by atomic mass is 32.1. The van der Waals surface area contributed by atoms with Gasteiger partial charge >= 0.3 is 6.09 Å². The van der Waals surface area contributed by atoms with Crippen LogP contribution in [-0.2, 0) is 16.0 Å². The van der Waals surface area contributed by atoms with Crippen LogP contribution in [0.2, 0.25) is 0 Å². The van der Waals surface area contributed by atoms with E-state index < -0.39 is 12.0 Å². The molecule has 2 amide bonds. The minimum atomic E-state index is -0.542. The molecule has 1 aromatic rings. The van der Waals surface area contributed by atoms with E-state index in [1.54, 1.807) is 10.9 Å². The van der Waals surface area contributed by atoms with Gasteiger partial charge in [0.05, 0.1) is 18.7 Å². The molecule has 7 nitrogen and oxygen atoms in total. The number of aromatic nitrogens is 1. The first-order chi connectivity index (χ1) is 13.0. The smallest absolute Gasteiger partial charge is 0.413 e. The monoisotopic (exact) mass is 393 g/mol. The van der Waals surface area contributed by atoms with E-state index in [9.17, 15) is 9.59 Å². The maximum atomic E-state index is 11.9. The third-order valence-corrected chi connectivity index (χ3v) is 7.28. The zero-order valence-corrected chi connectivity index (χ0v) is 16.2. The summed E-state index contributed by atoms with van der Waals surface area (Å²) >= 11 is 1.22. The first kappa shape index (κ1) is 18.7. The molecule has 4 saturated carbocycles. The molecule has 27 heavy (non-hydrogen) atoms. The maximum Gasteiger partial charge on any atom is 0.413 e. The summed E-state index contributed by atoms with van der Waals surface area (Å²) in [5, 5.41) is 13.2. The Morgan fingerprint density at radius 1 is 1.22 bits per heavy atom. The quantitative estimate of drug-likeness (QED) is 0.372. The molecule has 4 bridgehead atoms. The van der Waals surface area contributed by atoms with Crippen LogP contribution < -0.4 is 10.8 Å². The highest BCUT2D eigenvalue weighted by Gasteiger charge is 2.50. The number of carbonyl (C=O) groups excluding carboxylic acids is 2. The summed E-state index contributed by atoms with van der Waals surface area (Å²) in [4.78, 5) is 27.2. The van der Waals surface area contributed by atoms with Crippen molar-refractivity contribution in [2.24, 2.45) is 23.2 Å². The van der Waals surface area contributed by atoms with Gasteiger partial charge < -0.3 is 4.74 Å². The van der Waals surface area contributed by atoms with Crippen LogP contribution in [-0.4, -0.2) is 28.8 Å². The van der Waals surface area contributed by atoms with Crippen LogP contribution in [0.15, 0.2) is 5.38 Å². The number of anilines is 1. The van der Waals surface area contributed by atoms with Crippen LogP contribution in [0.4, 0.5) is 9.93 Å². The van der Waals surface area contributed by atoms with E-state index in [0.29, 0.717) is 22.8 Å². The van der Waals surface area contributed by atoms with Crippen LogP contribution in [0.1, 0.15) is 57.1 Å². The van der Waals surface area contributed by atoms with Gasteiger partial charge in [-0.3, -0.25) is 15.3 Å². The summed E-state index contributed by atoms with van der Waals surface area (Å²) in [6.45, 7) is 0.429. The molecule has 0 unspecified atom stereocenters. The van der Waals surface area contributed by atoms with E-state index in [2.05, 4.69) is 10.3 Å². The fourth-order valence-corrected chi connectivity index (χ4v) is 6.68. The van der Waals surface area contributed by atoms with E-state index in [1.807, 2.05) is 0 Å². The average molecular weight is 394 g/mol. The zero-order valence-electron chi connectivity index (χ0n) is 15.4. The van der Waals surface area contributed by atoms with Crippen molar-refractivity contribution in [1.82, 2.24) is 10.5 Å². The first-order valence-corrected chi connectivity index (χ1v) is 10.7. The minimum absolute atomic E-state index is 0.0329. The third kappa shape index (κ3) is 4.43. The summed E-state index contributed by atoms with van der Waals surface area (Å²) in [6, 6.07) is 0. The number of amides is 2.